The number of likely N-dealkylation sites (N-methyl/N-ethyl adjacent to an activating group) is 1. The number of aliphatic hydroxyl groups excluding tert-OH is 1. The van der Waals surface area contributed by atoms with Gasteiger partial charge in [0.25, 0.3) is 0 Å². The van der Waals surface area contributed by atoms with E-state index in [0.717, 1.165) is 12.8 Å². The van der Waals surface area contributed by atoms with Crippen LogP contribution in [0.15, 0.2) is 23.1 Å². The number of aliphatic hydroxyl groups is 1. The second kappa shape index (κ2) is 10.4. The van der Waals surface area contributed by atoms with Crippen molar-refractivity contribution in [3.63, 3.8) is 0 Å². The maximum absolute atomic E-state index is 13.5. The van der Waals surface area contributed by atoms with Gasteiger partial charge in [-0.05, 0) is 52.1 Å². The zero-order valence-electron chi connectivity index (χ0n) is 20.1. The first-order chi connectivity index (χ1) is 15.5. The number of carbonyl (C=O) groups is 1. The number of amides is 1. The fourth-order valence-electron chi connectivity index (χ4n) is 3.82. The molecule has 1 aromatic carbocycles. The van der Waals surface area contributed by atoms with Gasteiger partial charge < -0.3 is 14.7 Å². The maximum Gasteiger partial charge on any atom is 0.247 e. The highest BCUT2D eigenvalue weighted by Gasteiger charge is 2.39. The molecule has 1 aliphatic heterocycles. The van der Waals surface area contributed by atoms with E-state index in [9.17, 15) is 18.3 Å². The molecule has 8 nitrogen and oxygen atoms in total. The topological polar surface area (TPSA) is 90.4 Å². The van der Waals surface area contributed by atoms with Crippen molar-refractivity contribution in [2.75, 3.05) is 47.4 Å². The van der Waals surface area contributed by atoms with Crippen molar-refractivity contribution in [2.45, 2.75) is 43.7 Å². The second-order valence-electron chi connectivity index (χ2n) is 9.43. The summed E-state index contributed by atoms with van der Waals surface area (Å²) in [5, 5.41) is 9.74. The Bertz CT molecular complexity index is 1030. The minimum Gasteiger partial charge on any atom is -0.487 e. The van der Waals surface area contributed by atoms with Crippen molar-refractivity contribution in [1.82, 2.24) is 14.1 Å². The van der Waals surface area contributed by atoms with E-state index in [2.05, 4.69) is 11.8 Å². The van der Waals surface area contributed by atoms with Gasteiger partial charge in [-0.15, -0.1) is 0 Å². The van der Waals surface area contributed by atoms with Crippen molar-refractivity contribution >= 4 is 15.9 Å². The Morgan fingerprint density at radius 1 is 1.30 bits per heavy atom. The van der Waals surface area contributed by atoms with Gasteiger partial charge in [-0.3, -0.25) is 9.69 Å². The molecule has 0 unspecified atom stereocenters. The van der Waals surface area contributed by atoms with Gasteiger partial charge in [0, 0.05) is 37.0 Å². The molecule has 0 bridgehead atoms. The number of rotatable bonds is 6. The van der Waals surface area contributed by atoms with Crippen molar-refractivity contribution < 1.29 is 23.1 Å². The Labute approximate surface area is 197 Å². The van der Waals surface area contributed by atoms with Crippen molar-refractivity contribution in [3.8, 4) is 17.6 Å². The van der Waals surface area contributed by atoms with Crippen LogP contribution in [0.2, 0.25) is 0 Å². The molecule has 3 atom stereocenters. The molecule has 1 aromatic rings. The highest BCUT2D eigenvalue weighted by atomic mass is 32.2. The van der Waals surface area contributed by atoms with Gasteiger partial charge in [0.05, 0.1) is 19.7 Å². The number of hydrogen-bond acceptors (Lipinski definition) is 6. The Morgan fingerprint density at radius 2 is 2.00 bits per heavy atom. The molecule has 0 aromatic heterocycles. The molecule has 0 spiro atoms. The Balaban J connectivity index is 2.00. The van der Waals surface area contributed by atoms with Gasteiger partial charge in [0.1, 0.15) is 16.7 Å². The molecule has 0 saturated heterocycles. The van der Waals surface area contributed by atoms with Gasteiger partial charge in [0.15, 0.2) is 0 Å². The van der Waals surface area contributed by atoms with Gasteiger partial charge in [-0.2, -0.15) is 4.31 Å². The summed E-state index contributed by atoms with van der Waals surface area (Å²) in [6, 6.07) is 4.26. The van der Waals surface area contributed by atoms with E-state index in [-0.39, 0.29) is 41.5 Å². The molecule has 182 valence electrons. The molecule has 3 rings (SSSR count). The summed E-state index contributed by atoms with van der Waals surface area (Å²) in [7, 11) is 1.72. The molecule has 1 fully saturated rings. The molecular weight excluding hydrogens is 442 g/mol. The molecule has 9 heteroatoms. The predicted octanol–water partition coefficient (Wildman–Crippen LogP) is 1.24. The fourth-order valence-corrected chi connectivity index (χ4v) is 5.65. The minimum atomic E-state index is -3.90. The molecule has 1 N–H and O–H groups in total. The van der Waals surface area contributed by atoms with Gasteiger partial charge in [-0.25, -0.2) is 8.42 Å². The molecule has 1 aliphatic carbocycles. The first-order valence-corrected chi connectivity index (χ1v) is 12.8. The molecular formula is C24H35N3O5S. The summed E-state index contributed by atoms with van der Waals surface area (Å²) in [5.41, 5.74) is 0.655. The average molecular weight is 478 g/mol. The molecule has 1 heterocycles. The standard InChI is InChI=1S/C24H35N3O5S/c1-17-14-27(18(2)16-28)33(30,31)23-11-8-19(7-6-12-25(3)4)13-21(23)32-22(17)15-26(5)24(29)20-9-10-20/h8,11,13,17-18,20,22,28H,9-10,12,14-16H2,1-5H3/t17-,18+,22+/m1/s1. The lowest BCUT2D eigenvalue weighted by molar-refractivity contribution is -0.132. The number of carbonyl (C=O) groups excluding carboxylic acids is 1. The number of benzene rings is 1. The highest BCUT2D eigenvalue weighted by Crippen LogP contribution is 2.35. The SMILES string of the molecule is C[C@@H]1CN([C@@H](C)CO)S(=O)(=O)c2ccc(C#CCN(C)C)cc2O[C@H]1CN(C)C(=O)C1CC1. The van der Waals surface area contributed by atoms with Crippen LogP contribution in [0.4, 0.5) is 0 Å². The van der Waals surface area contributed by atoms with Crippen molar-refractivity contribution in [1.29, 1.82) is 0 Å². The van der Waals surface area contributed by atoms with E-state index in [1.54, 1.807) is 31.0 Å². The normalized spacial score (nSPS) is 23.4. The van der Waals surface area contributed by atoms with Crippen LogP contribution >= 0.6 is 0 Å². The number of fused-ring (bicyclic) bond motifs is 1. The van der Waals surface area contributed by atoms with Crippen LogP contribution in [-0.2, 0) is 14.8 Å². The summed E-state index contributed by atoms with van der Waals surface area (Å²) < 4.78 is 34.6. The van der Waals surface area contributed by atoms with Gasteiger partial charge in [-0.1, -0.05) is 18.8 Å². The lowest BCUT2D eigenvalue weighted by atomic mass is 10.0. The Kier molecular flexibility index (Phi) is 8.06. The number of hydrogen-bond donors (Lipinski definition) is 1. The quantitative estimate of drug-likeness (QED) is 0.620. The summed E-state index contributed by atoms with van der Waals surface area (Å²) >= 11 is 0. The summed E-state index contributed by atoms with van der Waals surface area (Å²) in [6.45, 7) is 4.42. The van der Waals surface area contributed by atoms with Gasteiger partial charge >= 0.3 is 0 Å². The number of sulfonamides is 1. The van der Waals surface area contributed by atoms with Crippen LogP contribution in [0.5, 0.6) is 5.75 Å². The van der Waals surface area contributed by atoms with E-state index < -0.39 is 22.2 Å². The first kappa shape index (κ1) is 25.5. The van der Waals surface area contributed by atoms with E-state index in [4.69, 9.17) is 4.74 Å². The zero-order chi connectivity index (χ0) is 24.3. The number of ether oxygens (including phenoxy) is 1. The molecule has 2 aliphatic rings. The van der Waals surface area contributed by atoms with E-state index in [1.165, 1.54) is 10.4 Å². The summed E-state index contributed by atoms with van der Waals surface area (Å²) in [4.78, 5) is 16.2. The van der Waals surface area contributed by atoms with E-state index in [1.807, 2.05) is 25.9 Å². The van der Waals surface area contributed by atoms with Gasteiger partial charge in [0.2, 0.25) is 15.9 Å². The predicted molar refractivity (Wildman–Crippen MR) is 126 cm³/mol. The van der Waals surface area contributed by atoms with Crippen molar-refractivity contribution in [2.24, 2.45) is 11.8 Å². The minimum absolute atomic E-state index is 0.0500. The first-order valence-electron chi connectivity index (χ1n) is 11.4. The van der Waals surface area contributed by atoms with E-state index in [0.29, 0.717) is 18.7 Å². The lowest BCUT2D eigenvalue weighted by Gasteiger charge is -2.37. The van der Waals surface area contributed by atoms with Crippen LogP contribution in [0.25, 0.3) is 0 Å². The third kappa shape index (κ3) is 6.07. The fraction of sp³-hybridized carbons (Fsp3) is 0.625. The zero-order valence-corrected chi connectivity index (χ0v) is 20.9. The van der Waals surface area contributed by atoms with E-state index >= 15 is 0 Å². The molecule has 1 amide bonds. The largest absolute Gasteiger partial charge is 0.487 e. The summed E-state index contributed by atoms with van der Waals surface area (Å²) in [5.74, 6) is 6.33. The third-order valence-corrected chi connectivity index (χ3v) is 8.07. The lowest BCUT2D eigenvalue weighted by Crippen LogP contribution is -2.50. The number of nitrogens with zero attached hydrogens (tertiary/aromatic N) is 3. The van der Waals surface area contributed by atoms with Crippen LogP contribution < -0.4 is 4.74 Å². The van der Waals surface area contributed by atoms with Crippen LogP contribution in [0.3, 0.4) is 0 Å². The summed E-state index contributed by atoms with van der Waals surface area (Å²) in [6.07, 6.45) is 1.43. The average Bonchev–Trinajstić information content (AvgIpc) is 3.60. The molecule has 1 saturated carbocycles. The second-order valence-corrected chi connectivity index (χ2v) is 11.3. The molecule has 0 radical (unpaired) electrons. The third-order valence-electron chi connectivity index (χ3n) is 6.05. The highest BCUT2D eigenvalue weighted by molar-refractivity contribution is 7.89. The Morgan fingerprint density at radius 3 is 2.61 bits per heavy atom. The van der Waals surface area contributed by atoms with Crippen LogP contribution in [-0.4, -0.2) is 93.1 Å². The smallest absolute Gasteiger partial charge is 0.247 e. The Hall–Kier alpha value is -2.12. The van der Waals surface area contributed by atoms with Crippen LogP contribution in [0, 0.1) is 23.7 Å². The monoisotopic (exact) mass is 477 g/mol. The maximum atomic E-state index is 13.5. The van der Waals surface area contributed by atoms with Crippen molar-refractivity contribution in [3.05, 3.63) is 23.8 Å². The van der Waals surface area contributed by atoms with Crippen LogP contribution in [0.1, 0.15) is 32.3 Å². The molecule has 33 heavy (non-hydrogen) atoms.